The second-order valence-electron chi connectivity index (χ2n) is 8.77. The molecule has 4 nitrogen and oxygen atoms in total. The number of halogens is 2. The molecule has 0 heterocycles. The van der Waals surface area contributed by atoms with E-state index in [2.05, 4.69) is 10.6 Å². The van der Waals surface area contributed by atoms with Gasteiger partial charge in [0.05, 0.1) is 0 Å². The maximum atomic E-state index is 12.6. The molecule has 0 saturated heterocycles. The number of rotatable bonds is 7. The minimum Gasteiger partial charge on any atom is -0.321 e. The van der Waals surface area contributed by atoms with Crippen LogP contribution >= 0.6 is 23.2 Å². The van der Waals surface area contributed by atoms with Crippen LogP contribution in [0.2, 0.25) is 0 Å². The summed E-state index contributed by atoms with van der Waals surface area (Å²) >= 11 is 12.5. The molecule has 4 aromatic rings. The standard InChI is InChI=1S/C32H26Cl2N2O2/c1-21-17-25(13-15-29(21)35-31(37)27(33)19-23-9-5-3-6-10-23)26-14-16-30(22(2)18-26)36-32(38)28(34)20-24-11-7-4-8-12-24/h3-20H,1-2H3,(H,35,37)(H,36,38)/b27-19-,28-20-. The monoisotopic (exact) mass is 540 g/mol. The van der Waals surface area contributed by atoms with Crippen molar-refractivity contribution in [2.45, 2.75) is 13.8 Å². The number of carbonyl (C=O) groups is 2. The fraction of sp³-hybridized carbons (Fsp3) is 0.0625. The van der Waals surface area contributed by atoms with E-state index in [0.29, 0.717) is 11.4 Å². The lowest BCUT2D eigenvalue weighted by Gasteiger charge is -2.13. The van der Waals surface area contributed by atoms with E-state index < -0.39 is 0 Å². The number of carbonyl (C=O) groups excluding carboxylic acids is 2. The Balaban J connectivity index is 1.45. The molecule has 0 bridgehead atoms. The largest absolute Gasteiger partial charge is 0.321 e. The Kier molecular flexibility index (Phi) is 8.80. The Morgan fingerprint density at radius 1 is 0.579 bits per heavy atom. The maximum Gasteiger partial charge on any atom is 0.267 e. The number of aryl methyl sites for hydroxylation is 2. The summed E-state index contributed by atoms with van der Waals surface area (Å²) in [6.45, 7) is 3.85. The molecule has 4 aromatic carbocycles. The average Bonchev–Trinajstić information content (AvgIpc) is 2.92. The molecule has 0 unspecified atom stereocenters. The number of hydrogen-bond acceptors (Lipinski definition) is 2. The van der Waals surface area contributed by atoms with E-state index in [4.69, 9.17) is 23.2 Å². The van der Waals surface area contributed by atoms with Crippen LogP contribution in [0.4, 0.5) is 11.4 Å². The van der Waals surface area contributed by atoms with Crippen LogP contribution < -0.4 is 10.6 Å². The van der Waals surface area contributed by atoms with Gasteiger partial charge in [0.1, 0.15) is 10.1 Å². The third-order valence-electron chi connectivity index (χ3n) is 5.90. The maximum absolute atomic E-state index is 12.6. The average molecular weight is 541 g/mol. The lowest BCUT2D eigenvalue weighted by Crippen LogP contribution is -2.12. The Morgan fingerprint density at radius 3 is 1.29 bits per heavy atom. The van der Waals surface area contributed by atoms with E-state index in [1.807, 2.05) is 111 Å². The van der Waals surface area contributed by atoms with E-state index in [0.717, 1.165) is 33.4 Å². The van der Waals surface area contributed by atoms with Crippen LogP contribution in [-0.4, -0.2) is 11.8 Å². The van der Waals surface area contributed by atoms with Crippen LogP contribution in [-0.2, 0) is 9.59 Å². The zero-order valence-electron chi connectivity index (χ0n) is 21.0. The molecule has 0 aliphatic rings. The Morgan fingerprint density at radius 2 is 0.947 bits per heavy atom. The van der Waals surface area contributed by atoms with Crippen molar-refractivity contribution < 1.29 is 9.59 Å². The first kappa shape index (κ1) is 26.9. The predicted octanol–water partition coefficient (Wildman–Crippen LogP) is 8.41. The van der Waals surface area contributed by atoms with Crippen molar-refractivity contribution in [1.82, 2.24) is 0 Å². The van der Waals surface area contributed by atoms with Gasteiger partial charge in [-0.05, 0) is 83.6 Å². The van der Waals surface area contributed by atoms with Crippen molar-refractivity contribution >= 4 is 58.5 Å². The summed E-state index contributed by atoms with van der Waals surface area (Å²) in [5.74, 6) is -0.746. The van der Waals surface area contributed by atoms with Crippen molar-refractivity contribution in [3.8, 4) is 11.1 Å². The number of hydrogen-bond donors (Lipinski definition) is 2. The number of nitrogens with one attached hydrogen (secondary N) is 2. The fourth-order valence-electron chi connectivity index (χ4n) is 3.85. The summed E-state index contributed by atoms with van der Waals surface area (Å²) in [4.78, 5) is 25.2. The predicted molar refractivity (Wildman–Crippen MR) is 159 cm³/mol. The normalized spacial score (nSPS) is 11.7. The van der Waals surface area contributed by atoms with Gasteiger partial charge in [-0.3, -0.25) is 9.59 Å². The van der Waals surface area contributed by atoms with Crippen LogP contribution in [0.5, 0.6) is 0 Å². The van der Waals surface area contributed by atoms with Crippen LogP contribution in [0.3, 0.4) is 0 Å². The van der Waals surface area contributed by atoms with Crippen molar-refractivity contribution in [2.75, 3.05) is 10.6 Å². The molecule has 2 amide bonds. The van der Waals surface area contributed by atoms with Gasteiger partial charge in [0.25, 0.3) is 11.8 Å². The Labute approximate surface area is 232 Å². The van der Waals surface area contributed by atoms with Gasteiger partial charge in [-0.2, -0.15) is 0 Å². The van der Waals surface area contributed by atoms with E-state index in [9.17, 15) is 9.59 Å². The molecule has 0 fully saturated rings. The number of anilines is 2. The summed E-state index contributed by atoms with van der Waals surface area (Å²) in [6, 6.07) is 30.4. The second kappa shape index (κ2) is 12.4. The van der Waals surface area contributed by atoms with Gasteiger partial charge in [-0.15, -0.1) is 0 Å². The molecule has 0 aliphatic heterocycles. The molecule has 38 heavy (non-hydrogen) atoms. The minimum absolute atomic E-state index is 0.103. The fourth-order valence-corrected chi connectivity index (χ4v) is 4.20. The van der Waals surface area contributed by atoms with E-state index in [1.165, 1.54) is 0 Å². The van der Waals surface area contributed by atoms with Crippen molar-refractivity contribution in [2.24, 2.45) is 0 Å². The minimum atomic E-state index is -0.373. The first-order chi connectivity index (χ1) is 18.3. The van der Waals surface area contributed by atoms with E-state index >= 15 is 0 Å². The molecular weight excluding hydrogens is 515 g/mol. The van der Waals surface area contributed by atoms with Crippen LogP contribution in [0.15, 0.2) is 107 Å². The van der Waals surface area contributed by atoms with Gasteiger partial charge in [-0.25, -0.2) is 0 Å². The molecule has 190 valence electrons. The van der Waals surface area contributed by atoms with E-state index in [-0.39, 0.29) is 21.9 Å². The first-order valence-electron chi connectivity index (χ1n) is 12.0. The molecule has 0 radical (unpaired) electrons. The zero-order chi connectivity index (χ0) is 27.1. The Bertz CT molecular complexity index is 1410. The highest BCUT2D eigenvalue weighted by Crippen LogP contribution is 2.29. The molecule has 2 N–H and O–H groups in total. The molecule has 0 atom stereocenters. The van der Waals surface area contributed by atoms with Crippen LogP contribution in [0.25, 0.3) is 23.3 Å². The van der Waals surface area contributed by atoms with Gasteiger partial charge < -0.3 is 10.6 Å². The second-order valence-corrected chi connectivity index (χ2v) is 9.59. The highest BCUT2D eigenvalue weighted by Gasteiger charge is 2.12. The van der Waals surface area contributed by atoms with Crippen molar-refractivity contribution in [3.05, 3.63) is 129 Å². The lowest BCUT2D eigenvalue weighted by molar-refractivity contribution is -0.113. The first-order valence-corrected chi connectivity index (χ1v) is 12.7. The van der Waals surface area contributed by atoms with Crippen molar-refractivity contribution in [1.29, 1.82) is 0 Å². The molecule has 0 aromatic heterocycles. The Hall–Kier alpha value is -4.12. The SMILES string of the molecule is Cc1cc(-c2ccc(NC(=O)/C(Cl)=C/c3ccccc3)c(C)c2)ccc1NC(=O)/C(Cl)=C/c1ccccc1. The topological polar surface area (TPSA) is 58.2 Å². The summed E-state index contributed by atoms with van der Waals surface area (Å²) in [5, 5.41) is 5.96. The van der Waals surface area contributed by atoms with Gasteiger partial charge in [0, 0.05) is 11.4 Å². The number of benzene rings is 4. The van der Waals surface area contributed by atoms with Gasteiger partial charge >= 0.3 is 0 Å². The number of amides is 2. The highest BCUT2D eigenvalue weighted by molar-refractivity contribution is 6.46. The summed E-state index contributed by atoms with van der Waals surface area (Å²) in [5.41, 5.74) is 6.82. The summed E-state index contributed by atoms with van der Waals surface area (Å²) in [6.07, 6.45) is 3.27. The van der Waals surface area contributed by atoms with Gasteiger partial charge in [0.2, 0.25) is 0 Å². The van der Waals surface area contributed by atoms with Crippen molar-refractivity contribution in [3.63, 3.8) is 0 Å². The van der Waals surface area contributed by atoms with Crippen LogP contribution in [0, 0.1) is 13.8 Å². The van der Waals surface area contributed by atoms with E-state index in [1.54, 1.807) is 12.2 Å². The lowest BCUT2D eigenvalue weighted by atomic mass is 10.00. The highest BCUT2D eigenvalue weighted by atomic mass is 35.5. The molecule has 6 heteroatoms. The molecule has 0 aliphatic carbocycles. The molecule has 0 spiro atoms. The van der Waals surface area contributed by atoms with Crippen LogP contribution in [0.1, 0.15) is 22.3 Å². The zero-order valence-corrected chi connectivity index (χ0v) is 22.5. The third kappa shape index (κ3) is 7.00. The summed E-state index contributed by atoms with van der Waals surface area (Å²) < 4.78 is 0. The smallest absolute Gasteiger partial charge is 0.267 e. The quantitative estimate of drug-likeness (QED) is 0.231. The molecular formula is C32H26Cl2N2O2. The molecule has 0 saturated carbocycles. The summed E-state index contributed by atoms with van der Waals surface area (Å²) in [7, 11) is 0. The van der Waals surface area contributed by atoms with Gasteiger partial charge in [0.15, 0.2) is 0 Å². The third-order valence-corrected chi connectivity index (χ3v) is 6.46. The van der Waals surface area contributed by atoms with Gasteiger partial charge in [-0.1, -0.05) is 96.0 Å². The molecule has 4 rings (SSSR count).